The van der Waals surface area contributed by atoms with Crippen molar-refractivity contribution in [1.82, 2.24) is 24.0 Å². The first-order chi connectivity index (χ1) is 20.5. The number of anilines is 2. The van der Waals surface area contributed by atoms with E-state index < -0.39 is 5.91 Å². The van der Waals surface area contributed by atoms with Crippen molar-refractivity contribution in [2.45, 2.75) is 44.2 Å². The highest BCUT2D eigenvalue weighted by molar-refractivity contribution is 7.17. The van der Waals surface area contributed by atoms with Gasteiger partial charge in [0, 0.05) is 42.3 Å². The van der Waals surface area contributed by atoms with Gasteiger partial charge in [-0.2, -0.15) is 4.37 Å². The van der Waals surface area contributed by atoms with Crippen LogP contribution in [-0.4, -0.2) is 68.2 Å². The summed E-state index contributed by atoms with van der Waals surface area (Å²) in [5.41, 5.74) is 13.1. The fourth-order valence-corrected chi connectivity index (χ4v) is 7.34. The molecule has 6 heterocycles. The molecular weight excluding hydrogens is 578 g/mol. The molecule has 0 unspecified atom stereocenters. The molecule has 15 heteroatoms. The largest absolute Gasteiger partial charge is 0.439 e. The number of carbonyl (C=O) groups excluding carboxylic acids is 1. The van der Waals surface area contributed by atoms with Crippen LogP contribution in [0.3, 0.4) is 0 Å². The number of quaternary nitrogens is 1. The number of morpholine rings is 1. The Morgan fingerprint density at radius 3 is 2.86 bits per heavy atom. The van der Waals surface area contributed by atoms with E-state index in [-0.39, 0.29) is 23.1 Å². The summed E-state index contributed by atoms with van der Waals surface area (Å²) in [5.74, 6) is 0.465. The molecule has 0 aromatic carbocycles. The Hall–Kier alpha value is -3.92. The summed E-state index contributed by atoms with van der Waals surface area (Å²) in [7, 11) is 0. The highest BCUT2D eigenvalue weighted by Crippen LogP contribution is 2.36. The molecule has 6 N–H and O–H groups in total. The van der Waals surface area contributed by atoms with Gasteiger partial charge in [0.05, 0.1) is 36.2 Å². The number of carbonyl (C=O) groups is 1. The van der Waals surface area contributed by atoms with Crippen LogP contribution >= 0.6 is 22.9 Å². The van der Waals surface area contributed by atoms with Gasteiger partial charge in [0.1, 0.15) is 22.6 Å². The lowest BCUT2D eigenvalue weighted by atomic mass is 9.91. The molecule has 0 bridgehead atoms. The van der Waals surface area contributed by atoms with Crippen LogP contribution in [0.2, 0.25) is 0 Å². The first-order valence-electron chi connectivity index (χ1n) is 13.9. The fraction of sp³-hybridized carbons (Fsp3) is 0.407. The molecule has 13 nitrogen and oxygen atoms in total. The standard InChI is InChI=1S/C27H29N9O4S2/c28-16-3-1-2-4-17(16)31-27-32-19(22(25(29)38)26-33-30-13-36(26)27)10-14-9-18(34-42-14)15-12-41-24-20(37)11-21(40-23(15)24)35-5-7-39-8-6-35/h9,11-13,16-17H,1-8,10,28H2,(H2,29,38)(H,31,32)/p+1/t16-,17+/m1/s1. The Bertz CT molecular complexity index is 1840. The van der Waals surface area contributed by atoms with Gasteiger partial charge in [-0.3, -0.25) is 14.0 Å². The van der Waals surface area contributed by atoms with E-state index in [1.54, 1.807) is 10.5 Å². The molecule has 5 aromatic heterocycles. The molecule has 0 radical (unpaired) electrons. The van der Waals surface area contributed by atoms with Crippen molar-refractivity contribution >= 4 is 56.5 Å². The van der Waals surface area contributed by atoms with Crippen LogP contribution in [0.15, 0.2) is 33.1 Å². The second-order valence-electron chi connectivity index (χ2n) is 10.7. The van der Waals surface area contributed by atoms with E-state index in [9.17, 15) is 9.59 Å². The van der Waals surface area contributed by atoms with Crippen LogP contribution in [0.1, 0.15) is 46.6 Å². The van der Waals surface area contributed by atoms with Gasteiger partial charge in [-0.1, -0.05) is 6.42 Å². The van der Waals surface area contributed by atoms with E-state index >= 15 is 0 Å². The predicted octanol–water partition coefficient (Wildman–Crippen LogP) is 1.91. The highest BCUT2D eigenvalue weighted by Gasteiger charge is 2.28. The van der Waals surface area contributed by atoms with E-state index in [2.05, 4.69) is 25.6 Å². The average Bonchev–Trinajstić information content (AvgIpc) is 3.75. The quantitative estimate of drug-likeness (QED) is 0.247. The summed E-state index contributed by atoms with van der Waals surface area (Å²) in [5, 5.41) is 13.7. The zero-order valence-corrected chi connectivity index (χ0v) is 24.4. The molecule has 2 atom stereocenters. The molecule has 2 aliphatic rings. The molecular formula is C27H30N9O4S2+. The third-order valence-corrected chi connectivity index (χ3v) is 9.69. The number of nitrogens with zero attached hydrogens (tertiary/aromatic N) is 6. The molecule has 1 aliphatic carbocycles. The van der Waals surface area contributed by atoms with Gasteiger partial charge < -0.3 is 30.8 Å². The number of nitrogens with one attached hydrogen (secondary N) is 1. The lowest BCUT2D eigenvalue weighted by Crippen LogP contribution is -2.68. The number of rotatable bonds is 7. The van der Waals surface area contributed by atoms with Crippen molar-refractivity contribution < 1.29 is 19.7 Å². The monoisotopic (exact) mass is 608 g/mol. The number of nitrogens with two attached hydrogens (primary N) is 1. The first-order valence-corrected chi connectivity index (χ1v) is 15.6. The maximum atomic E-state index is 12.9. The average molecular weight is 609 g/mol. The third kappa shape index (κ3) is 4.91. The van der Waals surface area contributed by atoms with Crippen LogP contribution in [0.5, 0.6) is 0 Å². The van der Waals surface area contributed by atoms with Gasteiger partial charge in [-0.05, 0) is 30.4 Å². The van der Waals surface area contributed by atoms with E-state index in [4.69, 9.17) is 19.9 Å². The van der Waals surface area contributed by atoms with E-state index in [0.29, 0.717) is 71.9 Å². The zero-order chi connectivity index (χ0) is 28.8. The number of amides is 1. The summed E-state index contributed by atoms with van der Waals surface area (Å²) in [6.07, 6.45) is 6.17. The van der Waals surface area contributed by atoms with Crippen LogP contribution in [0, 0.1) is 0 Å². The lowest BCUT2D eigenvalue weighted by molar-refractivity contribution is -0.427. The number of ether oxygens (including phenoxy) is 1. The number of aromatic nitrogens is 5. The van der Waals surface area contributed by atoms with Crippen LogP contribution in [0.4, 0.5) is 11.8 Å². The summed E-state index contributed by atoms with van der Waals surface area (Å²) >= 11 is 2.64. The minimum absolute atomic E-state index is 0.0798. The Kier molecular flexibility index (Phi) is 7.09. The van der Waals surface area contributed by atoms with Gasteiger partial charge in [-0.25, -0.2) is 4.98 Å². The molecule has 5 aromatic rings. The molecule has 42 heavy (non-hydrogen) atoms. The zero-order valence-electron chi connectivity index (χ0n) is 22.7. The summed E-state index contributed by atoms with van der Waals surface area (Å²) in [6, 6.07) is 3.89. The van der Waals surface area contributed by atoms with Gasteiger partial charge in [-0.15, -0.1) is 21.5 Å². The van der Waals surface area contributed by atoms with E-state index in [0.717, 1.165) is 29.7 Å². The predicted molar refractivity (Wildman–Crippen MR) is 159 cm³/mol. The normalized spacial score (nSPS) is 19.5. The minimum atomic E-state index is -0.624. The Balaban J connectivity index is 1.23. The fourth-order valence-electron chi connectivity index (χ4n) is 5.71. The molecule has 218 valence electrons. The number of primary amides is 1. The molecule has 1 saturated heterocycles. The summed E-state index contributed by atoms with van der Waals surface area (Å²) in [6.45, 7) is 2.49. The van der Waals surface area contributed by atoms with Crippen molar-refractivity contribution in [3.05, 3.63) is 50.2 Å². The molecule has 2 fully saturated rings. The van der Waals surface area contributed by atoms with E-state index in [1.807, 2.05) is 16.3 Å². The van der Waals surface area contributed by atoms with Gasteiger partial charge in [0.2, 0.25) is 11.4 Å². The number of fused-ring (bicyclic) bond motifs is 2. The molecule has 7 rings (SSSR count). The molecule has 0 spiro atoms. The van der Waals surface area contributed by atoms with Crippen molar-refractivity contribution in [2.24, 2.45) is 5.73 Å². The Morgan fingerprint density at radius 2 is 2.05 bits per heavy atom. The maximum Gasteiger partial charge on any atom is 0.254 e. The molecule has 1 aliphatic heterocycles. The summed E-state index contributed by atoms with van der Waals surface area (Å²) < 4.78 is 18.6. The smallest absolute Gasteiger partial charge is 0.254 e. The summed E-state index contributed by atoms with van der Waals surface area (Å²) in [4.78, 5) is 33.3. The second-order valence-corrected chi connectivity index (χ2v) is 12.4. The second kappa shape index (κ2) is 11.1. The number of hydrogen-bond donors (Lipinski definition) is 3. The maximum absolute atomic E-state index is 12.9. The van der Waals surface area contributed by atoms with Gasteiger partial charge >= 0.3 is 0 Å². The number of hydrogen-bond acceptors (Lipinski definition) is 12. The van der Waals surface area contributed by atoms with Crippen molar-refractivity contribution in [3.63, 3.8) is 0 Å². The highest BCUT2D eigenvalue weighted by atomic mass is 32.1. The lowest BCUT2D eigenvalue weighted by Gasteiger charge is -2.27. The minimum Gasteiger partial charge on any atom is -0.439 e. The molecule has 1 saturated carbocycles. The number of thiophene rings is 1. The van der Waals surface area contributed by atoms with Crippen molar-refractivity contribution in [2.75, 3.05) is 36.5 Å². The first kappa shape index (κ1) is 26.9. The van der Waals surface area contributed by atoms with Gasteiger partial charge in [0.25, 0.3) is 5.91 Å². The van der Waals surface area contributed by atoms with Crippen molar-refractivity contribution in [3.8, 4) is 11.3 Å². The van der Waals surface area contributed by atoms with Crippen LogP contribution in [0.25, 0.3) is 27.2 Å². The van der Waals surface area contributed by atoms with Crippen molar-refractivity contribution in [1.29, 1.82) is 0 Å². The topological polar surface area (TPSA) is 181 Å². The Labute approximate surface area is 247 Å². The van der Waals surface area contributed by atoms with Crippen LogP contribution in [-0.2, 0) is 11.2 Å². The van der Waals surface area contributed by atoms with E-state index in [1.165, 1.54) is 35.6 Å². The Morgan fingerprint density at radius 1 is 1.21 bits per heavy atom. The molecule has 1 amide bonds. The third-order valence-electron chi connectivity index (χ3n) is 7.93. The SMILES string of the molecule is NC(=O)c1c(Cc2cc(-c3csc4c(=O)cc(N5CCOCC5)oc34)ns2)nc(N[C@H]2CCCC[C@H]2[NH3+])n2cnnc12. The van der Waals surface area contributed by atoms with Crippen LogP contribution < -0.4 is 27.1 Å². The van der Waals surface area contributed by atoms with Gasteiger partial charge in [0.15, 0.2) is 17.1 Å².